The Morgan fingerprint density at radius 2 is 1.80 bits per heavy atom. The Hall–Kier alpha value is -2.02. The highest BCUT2D eigenvalue weighted by Crippen LogP contribution is 2.09. The molecule has 1 nitrogen and oxygen atoms in total. The predicted octanol–water partition coefficient (Wildman–Crippen LogP) is 3.91. The Labute approximate surface area is 91.1 Å². The van der Waals surface area contributed by atoms with Crippen molar-refractivity contribution < 1.29 is 0 Å². The zero-order chi connectivity index (χ0) is 10.9. The van der Waals surface area contributed by atoms with Crippen LogP contribution in [-0.4, -0.2) is 0 Å². The van der Waals surface area contributed by atoms with Crippen molar-refractivity contribution >= 4 is 5.69 Å². The van der Waals surface area contributed by atoms with E-state index in [2.05, 4.69) is 18.5 Å². The molecule has 0 spiro atoms. The van der Waals surface area contributed by atoms with Crippen LogP contribution < -0.4 is 5.32 Å². The van der Waals surface area contributed by atoms with Crippen molar-refractivity contribution in [2.24, 2.45) is 0 Å². The minimum Gasteiger partial charge on any atom is -0.356 e. The van der Waals surface area contributed by atoms with E-state index in [-0.39, 0.29) is 0 Å². The summed E-state index contributed by atoms with van der Waals surface area (Å²) in [5.74, 6) is 0. The van der Waals surface area contributed by atoms with Gasteiger partial charge in [0, 0.05) is 11.4 Å². The number of hydrogen-bond acceptors (Lipinski definition) is 1. The molecule has 0 saturated carbocycles. The number of para-hydroxylation sites is 1. The first kappa shape index (κ1) is 11.1. The van der Waals surface area contributed by atoms with E-state index in [1.54, 1.807) is 12.2 Å². The maximum atomic E-state index is 3.67. The molecular formula is C14H15N. The van der Waals surface area contributed by atoms with Gasteiger partial charge in [0.05, 0.1) is 0 Å². The molecule has 0 radical (unpaired) electrons. The van der Waals surface area contributed by atoms with Crippen LogP contribution in [0.2, 0.25) is 0 Å². The molecule has 1 aromatic carbocycles. The van der Waals surface area contributed by atoms with E-state index in [4.69, 9.17) is 0 Å². The number of benzene rings is 1. The molecule has 1 rings (SSSR count). The Kier molecular flexibility index (Phi) is 4.74. The minimum atomic E-state index is 0.983. The van der Waals surface area contributed by atoms with Gasteiger partial charge in [-0.15, -0.1) is 0 Å². The quantitative estimate of drug-likeness (QED) is 0.706. The average Bonchev–Trinajstić information content (AvgIpc) is 2.28. The van der Waals surface area contributed by atoms with Crippen molar-refractivity contribution in [3.05, 3.63) is 79.6 Å². The van der Waals surface area contributed by atoms with E-state index in [0.29, 0.717) is 0 Å². The highest BCUT2D eigenvalue weighted by molar-refractivity contribution is 5.51. The zero-order valence-electron chi connectivity index (χ0n) is 8.69. The number of hydrogen-bond donors (Lipinski definition) is 1. The van der Waals surface area contributed by atoms with Gasteiger partial charge < -0.3 is 5.32 Å². The molecule has 0 aliphatic heterocycles. The smallest absolute Gasteiger partial charge is 0.0384 e. The van der Waals surface area contributed by atoms with Crippen molar-refractivity contribution in [1.82, 2.24) is 0 Å². The van der Waals surface area contributed by atoms with Gasteiger partial charge >= 0.3 is 0 Å². The molecule has 0 amide bonds. The first-order valence-electron chi connectivity index (χ1n) is 4.80. The van der Waals surface area contributed by atoms with Crippen molar-refractivity contribution in [3.63, 3.8) is 0 Å². The standard InChI is InChI=1S/C14H15N/c1-3-5-10-13(9-4-2)15-14-11-7-6-8-12-14/h3-12,15H,1-2H2/b10-5-,13-9+. The summed E-state index contributed by atoms with van der Waals surface area (Å²) >= 11 is 0. The minimum absolute atomic E-state index is 0.983. The Morgan fingerprint density at radius 1 is 1.07 bits per heavy atom. The highest BCUT2D eigenvalue weighted by Gasteiger charge is 1.91. The van der Waals surface area contributed by atoms with Crippen LogP contribution in [0.4, 0.5) is 5.69 Å². The van der Waals surface area contributed by atoms with Crippen LogP contribution in [0.25, 0.3) is 0 Å². The van der Waals surface area contributed by atoms with Crippen LogP contribution in [0.1, 0.15) is 0 Å². The molecule has 0 aliphatic rings. The van der Waals surface area contributed by atoms with E-state index >= 15 is 0 Å². The second kappa shape index (κ2) is 6.44. The molecule has 1 heteroatoms. The summed E-state index contributed by atoms with van der Waals surface area (Å²) in [6.07, 6.45) is 9.22. The maximum absolute atomic E-state index is 3.67. The molecule has 1 aromatic rings. The average molecular weight is 197 g/mol. The van der Waals surface area contributed by atoms with Gasteiger partial charge in [0.1, 0.15) is 0 Å². The monoisotopic (exact) mass is 197 g/mol. The fourth-order valence-corrected chi connectivity index (χ4v) is 1.13. The molecule has 76 valence electrons. The molecule has 0 saturated heterocycles. The Bertz CT molecular complexity index is 372. The van der Waals surface area contributed by atoms with Gasteiger partial charge in [-0.2, -0.15) is 0 Å². The van der Waals surface area contributed by atoms with Gasteiger partial charge in [-0.3, -0.25) is 0 Å². The summed E-state index contributed by atoms with van der Waals surface area (Å²) in [5.41, 5.74) is 2.04. The second-order valence-corrected chi connectivity index (χ2v) is 2.94. The molecule has 0 aliphatic carbocycles. The molecule has 0 heterocycles. The van der Waals surface area contributed by atoms with E-state index in [9.17, 15) is 0 Å². The van der Waals surface area contributed by atoms with Crippen molar-refractivity contribution in [2.75, 3.05) is 5.32 Å². The maximum Gasteiger partial charge on any atom is 0.0384 e. The Balaban J connectivity index is 2.76. The summed E-state index contributed by atoms with van der Waals surface area (Å²) in [6.45, 7) is 7.31. The van der Waals surface area contributed by atoms with Gasteiger partial charge in [-0.25, -0.2) is 0 Å². The fraction of sp³-hybridized carbons (Fsp3) is 0. The van der Waals surface area contributed by atoms with Crippen molar-refractivity contribution in [2.45, 2.75) is 0 Å². The lowest BCUT2D eigenvalue weighted by Crippen LogP contribution is -1.95. The predicted molar refractivity (Wildman–Crippen MR) is 67.7 cm³/mol. The number of allylic oxidation sites excluding steroid dienone is 5. The molecule has 1 N–H and O–H groups in total. The van der Waals surface area contributed by atoms with Crippen LogP contribution >= 0.6 is 0 Å². The molecule has 0 bridgehead atoms. The lowest BCUT2D eigenvalue weighted by molar-refractivity contribution is 1.47. The van der Waals surface area contributed by atoms with Crippen molar-refractivity contribution in [1.29, 1.82) is 0 Å². The van der Waals surface area contributed by atoms with Crippen LogP contribution in [0, 0.1) is 0 Å². The summed E-state index contributed by atoms with van der Waals surface area (Å²) in [6, 6.07) is 10.00. The zero-order valence-corrected chi connectivity index (χ0v) is 8.69. The van der Waals surface area contributed by atoms with Gasteiger partial charge in [0.15, 0.2) is 0 Å². The van der Waals surface area contributed by atoms with E-state index in [0.717, 1.165) is 11.4 Å². The molecule has 0 unspecified atom stereocenters. The first-order valence-corrected chi connectivity index (χ1v) is 4.80. The highest BCUT2D eigenvalue weighted by atomic mass is 14.9. The van der Waals surface area contributed by atoms with Gasteiger partial charge in [0.2, 0.25) is 0 Å². The van der Waals surface area contributed by atoms with Crippen LogP contribution in [0.5, 0.6) is 0 Å². The van der Waals surface area contributed by atoms with Crippen LogP contribution in [0.3, 0.4) is 0 Å². The third-order valence-electron chi connectivity index (χ3n) is 1.77. The van der Waals surface area contributed by atoms with E-state index < -0.39 is 0 Å². The summed E-state index contributed by atoms with van der Waals surface area (Å²) < 4.78 is 0. The third-order valence-corrected chi connectivity index (χ3v) is 1.77. The molecule has 0 aromatic heterocycles. The van der Waals surface area contributed by atoms with E-state index in [1.807, 2.05) is 48.6 Å². The van der Waals surface area contributed by atoms with E-state index in [1.165, 1.54) is 0 Å². The van der Waals surface area contributed by atoms with Gasteiger partial charge in [-0.1, -0.05) is 49.6 Å². The summed E-state index contributed by atoms with van der Waals surface area (Å²) in [7, 11) is 0. The lowest BCUT2D eigenvalue weighted by Gasteiger charge is -2.05. The molecule has 15 heavy (non-hydrogen) atoms. The first-order chi connectivity index (χ1) is 7.36. The van der Waals surface area contributed by atoms with Crippen molar-refractivity contribution in [3.8, 4) is 0 Å². The normalized spacial score (nSPS) is 11.3. The topological polar surface area (TPSA) is 12.0 Å². The summed E-state index contributed by atoms with van der Waals surface area (Å²) in [5, 5.41) is 3.27. The molecule has 0 atom stereocenters. The van der Waals surface area contributed by atoms with Gasteiger partial charge in [0.25, 0.3) is 0 Å². The Morgan fingerprint density at radius 3 is 2.40 bits per heavy atom. The van der Waals surface area contributed by atoms with Crippen LogP contribution in [-0.2, 0) is 0 Å². The third kappa shape index (κ3) is 4.14. The molecular weight excluding hydrogens is 182 g/mol. The lowest BCUT2D eigenvalue weighted by atomic mass is 10.3. The SMILES string of the molecule is C=C/C=C\C(=C/C=C)Nc1ccccc1. The number of nitrogens with one attached hydrogen (secondary N) is 1. The van der Waals surface area contributed by atoms with Crippen LogP contribution in [0.15, 0.2) is 79.6 Å². The number of anilines is 1. The number of rotatable bonds is 5. The summed E-state index contributed by atoms with van der Waals surface area (Å²) in [4.78, 5) is 0. The molecule has 0 fully saturated rings. The van der Waals surface area contributed by atoms with Gasteiger partial charge in [-0.05, 0) is 24.3 Å². The fourth-order valence-electron chi connectivity index (χ4n) is 1.13. The second-order valence-electron chi connectivity index (χ2n) is 2.94. The largest absolute Gasteiger partial charge is 0.356 e.